The largest absolute Gasteiger partial charge is 0.478 e. The van der Waals surface area contributed by atoms with Gasteiger partial charge in [-0.25, -0.2) is 4.79 Å². The quantitative estimate of drug-likeness (QED) is 0.427. The minimum atomic E-state index is -1.08. The monoisotopic (exact) mass is 191 g/mol. The highest BCUT2D eigenvalue weighted by molar-refractivity contribution is 5.94. The normalized spacial score (nSPS) is 10.3. The van der Waals surface area contributed by atoms with E-state index >= 15 is 0 Å². The maximum absolute atomic E-state index is 10.7. The summed E-state index contributed by atoms with van der Waals surface area (Å²) in [6.07, 6.45) is 3.42. The number of carboxylic acids is 1. The number of nitrogen functional groups attached to an aromatic ring is 1. The van der Waals surface area contributed by atoms with Crippen molar-refractivity contribution in [3.63, 3.8) is 0 Å². The molecule has 3 N–H and O–H groups in total. The molecule has 1 rings (SSSR count). The number of carbonyl (C=O) groups excluding carboxylic acids is 1. The number of hydrogen-bond acceptors (Lipinski definition) is 3. The van der Waals surface area contributed by atoms with Crippen molar-refractivity contribution in [2.24, 2.45) is 0 Å². The molecule has 4 nitrogen and oxygen atoms in total. The Hall–Kier alpha value is -2.10. The van der Waals surface area contributed by atoms with Crippen LogP contribution in [-0.4, -0.2) is 17.4 Å². The molecule has 4 heteroatoms. The minimum absolute atomic E-state index is 0.0399. The number of allylic oxidation sites excluding steroid dienone is 1. The van der Waals surface area contributed by atoms with Gasteiger partial charge in [-0.1, -0.05) is 12.1 Å². The van der Waals surface area contributed by atoms with Crippen LogP contribution in [-0.2, 0) is 4.79 Å². The number of aldehydes is 1. The Morgan fingerprint density at radius 2 is 2.14 bits per heavy atom. The Labute approximate surface area is 80.7 Å². The third-order valence-corrected chi connectivity index (χ3v) is 1.68. The zero-order valence-corrected chi connectivity index (χ0v) is 7.31. The lowest BCUT2D eigenvalue weighted by molar-refractivity contribution is -0.104. The van der Waals surface area contributed by atoms with Crippen LogP contribution in [0.4, 0.5) is 5.69 Å². The molecule has 0 radical (unpaired) electrons. The number of carbonyl (C=O) groups is 2. The van der Waals surface area contributed by atoms with Crippen LogP contribution in [0, 0.1) is 0 Å². The van der Waals surface area contributed by atoms with Crippen LogP contribution in [0.25, 0.3) is 6.08 Å². The lowest BCUT2D eigenvalue weighted by Crippen LogP contribution is -2.02. The van der Waals surface area contributed by atoms with Crippen LogP contribution in [0.15, 0.2) is 24.3 Å². The van der Waals surface area contributed by atoms with Crippen molar-refractivity contribution in [3.8, 4) is 0 Å². The minimum Gasteiger partial charge on any atom is -0.478 e. The highest BCUT2D eigenvalue weighted by atomic mass is 16.4. The number of aromatic carboxylic acids is 1. The molecule has 0 aliphatic carbocycles. The maximum Gasteiger partial charge on any atom is 0.337 e. The molecule has 72 valence electrons. The lowest BCUT2D eigenvalue weighted by atomic mass is 10.1. The molecular weight excluding hydrogens is 182 g/mol. The summed E-state index contributed by atoms with van der Waals surface area (Å²) in [7, 11) is 0. The first kappa shape index (κ1) is 9.98. The molecule has 0 fully saturated rings. The van der Waals surface area contributed by atoms with Crippen LogP contribution in [0.5, 0.6) is 0 Å². The first-order chi connectivity index (χ1) is 6.65. The zero-order valence-electron chi connectivity index (χ0n) is 7.31. The van der Waals surface area contributed by atoms with Crippen molar-refractivity contribution in [2.45, 2.75) is 0 Å². The fraction of sp³-hybridized carbons (Fsp3) is 0. The van der Waals surface area contributed by atoms with Crippen LogP contribution < -0.4 is 5.73 Å². The fourth-order valence-corrected chi connectivity index (χ4v) is 1.01. The van der Waals surface area contributed by atoms with Crippen LogP contribution in [0.3, 0.4) is 0 Å². The van der Waals surface area contributed by atoms with E-state index in [0.717, 1.165) is 0 Å². The third kappa shape index (κ3) is 2.20. The molecule has 1 aromatic carbocycles. The van der Waals surface area contributed by atoms with E-state index in [4.69, 9.17) is 10.8 Å². The molecule has 14 heavy (non-hydrogen) atoms. The second kappa shape index (κ2) is 4.23. The predicted octanol–water partition coefficient (Wildman–Crippen LogP) is 1.18. The van der Waals surface area contributed by atoms with Gasteiger partial charge in [0, 0.05) is 5.69 Å². The average Bonchev–Trinajstić information content (AvgIpc) is 2.16. The molecule has 0 aliphatic rings. The Balaban J connectivity index is 3.12. The molecule has 1 aromatic rings. The van der Waals surface area contributed by atoms with Gasteiger partial charge in [-0.15, -0.1) is 0 Å². The van der Waals surface area contributed by atoms with Gasteiger partial charge in [0.15, 0.2) is 0 Å². The summed E-state index contributed by atoms with van der Waals surface area (Å²) >= 11 is 0. The van der Waals surface area contributed by atoms with Crippen molar-refractivity contribution >= 4 is 24.0 Å². The Morgan fingerprint density at radius 3 is 2.71 bits per heavy atom. The number of benzene rings is 1. The van der Waals surface area contributed by atoms with Crippen molar-refractivity contribution < 1.29 is 14.7 Å². The third-order valence-electron chi connectivity index (χ3n) is 1.68. The molecule has 0 aliphatic heterocycles. The van der Waals surface area contributed by atoms with Gasteiger partial charge in [0.2, 0.25) is 0 Å². The van der Waals surface area contributed by atoms with E-state index in [0.29, 0.717) is 11.8 Å². The van der Waals surface area contributed by atoms with Gasteiger partial charge in [0.1, 0.15) is 6.29 Å². The van der Waals surface area contributed by atoms with Gasteiger partial charge < -0.3 is 10.8 Å². The molecular formula is C10H9NO3. The second-order valence-electron chi connectivity index (χ2n) is 2.65. The van der Waals surface area contributed by atoms with Crippen molar-refractivity contribution in [3.05, 3.63) is 35.4 Å². The van der Waals surface area contributed by atoms with Gasteiger partial charge in [0.25, 0.3) is 0 Å². The van der Waals surface area contributed by atoms with Crippen LogP contribution in [0.2, 0.25) is 0 Å². The van der Waals surface area contributed by atoms with Crippen LogP contribution in [0.1, 0.15) is 15.9 Å². The van der Waals surface area contributed by atoms with E-state index in [1.54, 1.807) is 6.07 Å². The molecule has 0 heterocycles. The number of anilines is 1. The maximum atomic E-state index is 10.7. The molecule has 0 spiro atoms. The topological polar surface area (TPSA) is 80.4 Å². The summed E-state index contributed by atoms with van der Waals surface area (Å²) in [6.45, 7) is 0. The highest BCUT2D eigenvalue weighted by Gasteiger charge is 2.06. The smallest absolute Gasteiger partial charge is 0.337 e. The summed E-state index contributed by atoms with van der Waals surface area (Å²) in [5, 5.41) is 8.74. The number of rotatable bonds is 3. The van der Waals surface area contributed by atoms with Crippen LogP contribution >= 0.6 is 0 Å². The van der Waals surface area contributed by atoms with Crippen molar-refractivity contribution in [1.82, 2.24) is 0 Å². The van der Waals surface area contributed by atoms with Gasteiger partial charge in [0.05, 0.1) is 5.56 Å². The lowest BCUT2D eigenvalue weighted by Gasteiger charge is -2.01. The summed E-state index contributed by atoms with van der Waals surface area (Å²) in [4.78, 5) is 20.7. The van der Waals surface area contributed by atoms with Crippen molar-refractivity contribution in [2.75, 3.05) is 5.73 Å². The number of carboxylic acid groups (broad SMARTS) is 1. The summed E-state index contributed by atoms with van der Waals surface area (Å²) in [5.41, 5.74) is 6.32. The summed E-state index contributed by atoms with van der Waals surface area (Å²) in [6, 6.07) is 4.55. The molecule has 0 bridgehead atoms. The fourth-order valence-electron chi connectivity index (χ4n) is 1.01. The number of hydrogen-bond donors (Lipinski definition) is 2. The summed E-state index contributed by atoms with van der Waals surface area (Å²) < 4.78 is 0. The average molecular weight is 191 g/mol. The van der Waals surface area contributed by atoms with E-state index in [9.17, 15) is 9.59 Å². The second-order valence-corrected chi connectivity index (χ2v) is 2.65. The summed E-state index contributed by atoms with van der Waals surface area (Å²) in [5.74, 6) is -1.08. The molecule has 0 saturated carbocycles. The van der Waals surface area contributed by atoms with E-state index in [-0.39, 0.29) is 11.3 Å². The van der Waals surface area contributed by atoms with Gasteiger partial charge in [-0.05, 0) is 23.8 Å². The van der Waals surface area contributed by atoms with E-state index in [1.807, 2.05) is 0 Å². The Kier molecular flexibility index (Phi) is 3.01. The molecule has 0 atom stereocenters. The van der Waals surface area contributed by atoms with E-state index < -0.39 is 5.97 Å². The molecule has 0 saturated heterocycles. The Morgan fingerprint density at radius 1 is 1.43 bits per heavy atom. The predicted molar refractivity (Wildman–Crippen MR) is 52.9 cm³/mol. The molecule has 0 aromatic heterocycles. The standard InChI is InChI=1S/C10H9NO3/c11-9-4-3-7(2-1-5-12)6-8(9)10(13)14/h1-6H,11H2,(H,13,14). The molecule has 0 unspecified atom stereocenters. The van der Waals surface area contributed by atoms with Gasteiger partial charge >= 0.3 is 5.97 Å². The van der Waals surface area contributed by atoms with Crippen molar-refractivity contribution in [1.29, 1.82) is 0 Å². The van der Waals surface area contributed by atoms with E-state index in [1.165, 1.54) is 24.3 Å². The number of nitrogens with two attached hydrogens (primary N) is 1. The van der Waals surface area contributed by atoms with E-state index in [2.05, 4.69) is 0 Å². The van der Waals surface area contributed by atoms with Gasteiger partial charge in [-0.2, -0.15) is 0 Å². The highest BCUT2D eigenvalue weighted by Crippen LogP contribution is 2.14. The zero-order chi connectivity index (χ0) is 10.6. The first-order valence-corrected chi connectivity index (χ1v) is 3.90. The first-order valence-electron chi connectivity index (χ1n) is 3.90. The molecule has 0 amide bonds. The Bertz CT molecular complexity index is 396. The SMILES string of the molecule is Nc1ccc(C=CC=O)cc1C(=O)O. The van der Waals surface area contributed by atoms with Gasteiger partial charge in [-0.3, -0.25) is 4.79 Å².